The van der Waals surface area contributed by atoms with Gasteiger partial charge in [-0.2, -0.15) is 0 Å². The Bertz CT molecular complexity index is 535. The number of aromatic nitrogens is 5. The van der Waals surface area contributed by atoms with Crippen molar-refractivity contribution in [2.45, 2.75) is 31.3 Å². The minimum Gasteiger partial charge on any atom is -0.364 e. The summed E-state index contributed by atoms with van der Waals surface area (Å²) in [5.41, 5.74) is 0.663. The molecule has 7 nitrogen and oxygen atoms in total. The lowest BCUT2D eigenvalue weighted by atomic mass is 10.1. The highest BCUT2D eigenvalue weighted by molar-refractivity contribution is 5.43. The molecule has 96 valence electrons. The lowest BCUT2D eigenvalue weighted by Crippen LogP contribution is -2.39. The predicted octanol–water partition coefficient (Wildman–Crippen LogP) is 0.414. The van der Waals surface area contributed by atoms with E-state index in [9.17, 15) is 0 Å². The van der Waals surface area contributed by atoms with Gasteiger partial charge in [-0.3, -0.25) is 0 Å². The molecule has 1 aliphatic rings. The molecule has 2 aromatic rings. The molecule has 7 heteroatoms. The topological polar surface area (TPSA) is 71.2 Å². The van der Waals surface area contributed by atoms with Gasteiger partial charge in [0.2, 0.25) is 0 Å². The van der Waals surface area contributed by atoms with Crippen LogP contribution in [-0.4, -0.2) is 56.3 Å². The number of rotatable bonds is 3. The molecule has 1 saturated carbocycles. The van der Waals surface area contributed by atoms with Gasteiger partial charge in [0, 0.05) is 12.1 Å². The highest BCUT2D eigenvalue weighted by Gasteiger charge is 2.28. The third-order valence-corrected chi connectivity index (χ3v) is 3.55. The average molecular weight is 247 g/mol. The Balaban J connectivity index is 1.78. The van der Waals surface area contributed by atoms with Crippen LogP contribution in [0, 0.1) is 0 Å². The highest BCUT2D eigenvalue weighted by Crippen LogP contribution is 2.25. The third-order valence-electron chi connectivity index (χ3n) is 3.55. The predicted molar refractivity (Wildman–Crippen MR) is 67.3 cm³/mol. The molecule has 1 aliphatic carbocycles. The van der Waals surface area contributed by atoms with Crippen LogP contribution in [0.4, 0.5) is 5.82 Å². The maximum atomic E-state index is 4.34. The fraction of sp³-hybridized carbons (Fsp3) is 0.636. The smallest absolute Gasteiger partial charge is 0.200 e. The monoisotopic (exact) mass is 247 g/mol. The second-order valence-corrected chi connectivity index (χ2v) is 4.96. The normalized spacial score (nSPS) is 23.9. The first-order valence-corrected chi connectivity index (χ1v) is 6.22. The first-order chi connectivity index (χ1) is 8.74. The summed E-state index contributed by atoms with van der Waals surface area (Å²) in [4.78, 5) is 2.28. The zero-order chi connectivity index (χ0) is 12.5. The van der Waals surface area contributed by atoms with Crippen LogP contribution in [0.1, 0.15) is 19.3 Å². The number of nitrogens with zero attached hydrogens (tertiary/aromatic N) is 6. The van der Waals surface area contributed by atoms with Gasteiger partial charge in [-0.15, -0.1) is 14.8 Å². The Morgan fingerprint density at radius 3 is 3.06 bits per heavy atom. The van der Waals surface area contributed by atoms with E-state index in [1.54, 1.807) is 0 Å². The zero-order valence-electron chi connectivity index (χ0n) is 10.6. The molecule has 0 radical (unpaired) electrons. The summed E-state index contributed by atoms with van der Waals surface area (Å²) < 4.78 is 1.45. The van der Waals surface area contributed by atoms with Crippen molar-refractivity contribution >= 4 is 11.5 Å². The first-order valence-electron chi connectivity index (χ1n) is 6.22. The second-order valence-electron chi connectivity index (χ2n) is 4.96. The molecule has 0 amide bonds. The van der Waals surface area contributed by atoms with Gasteiger partial charge in [-0.25, -0.2) is 0 Å². The van der Waals surface area contributed by atoms with Gasteiger partial charge in [0.15, 0.2) is 5.65 Å². The molecule has 2 aromatic heterocycles. The van der Waals surface area contributed by atoms with Crippen molar-refractivity contribution in [1.82, 2.24) is 30.2 Å². The molecule has 0 spiro atoms. The molecule has 1 N–H and O–H groups in total. The van der Waals surface area contributed by atoms with Crippen LogP contribution in [0.5, 0.6) is 0 Å². The van der Waals surface area contributed by atoms with E-state index in [1.807, 2.05) is 12.1 Å². The molecular weight excluding hydrogens is 230 g/mol. The summed E-state index contributed by atoms with van der Waals surface area (Å²) in [5, 5.41) is 19.1. The Morgan fingerprint density at radius 1 is 1.33 bits per heavy atom. The van der Waals surface area contributed by atoms with Crippen LogP contribution >= 0.6 is 0 Å². The van der Waals surface area contributed by atoms with Gasteiger partial charge in [-0.1, -0.05) is 0 Å². The summed E-state index contributed by atoms with van der Waals surface area (Å²) in [6.07, 6.45) is 3.67. The quantitative estimate of drug-likeness (QED) is 0.847. The van der Waals surface area contributed by atoms with Gasteiger partial charge in [0.05, 0.1) is 0 Å². The fourth-order valence-corrected chi connectivity index (χ4v) is 2.64. The number of hydrogen-bond donors (Lipinski definition) is 1. The van der Waals surface area contributed by atoms with Crippen molar-refractivity contribution < 1.29 is 0 Å². The van der Waals surface area contributed by atoms with Gasteiger partial charge < -0.3 is 10.2 Å². The summed E-state index contributed by atoms with van der Waals surface area (Å²) >= 11 is 0. The summed E-state index contributed by atoms with van der Waals surface area (Å²) in [5.74, 6) is 0.827. The van der Waals surface area contributed by atoms with Crippen molar-refractivity contribution in [3.8, 4) is 0 Å². The molecule has 0 aliphatic heterocycles. The van der Waals surface area contributed by atoms with E-state index >= 15 is 0 Å². The fourth-order valence-electron chi connectivity index (χ4n) is 2.64. The summed E-state index contributed by atoms with van der Waals surface area (Å²) in [6.45, 7) is 0. The molecule has 0 aromatic carbocycles. The van der Waals surface area contributed by atoms with Crippen LogP contribution in [0.25, 0.3) is 5.65 Å². The van der Waals surface area contributed by atoms with E-state index in [4.69, 9.17) is 0 Å². The largest absolute Gasteiger partial charge is 0.364 e. The maximum absolute atomic E-state index is 4.34. The molecule has 1 fully saturated rings. The number of nitrogens with one attached hydrogen (secondary N) is 1. The number of fused-ring (bicyclic) bond motifs is 1. The van der Waals surface area contributed by atoms with E-state index in [2.05, 4.69) is 44.9 Å². The summed E-state index contributed by atoms with van der Waals surface area (Å²) in [6, 6.07) is 4.81. The van der Waals surface area contributed by atoms with Crippen molar-refractivity contribution in [1.29, 1.82) is 0 Å². The van der Waals surface area contributed by atoms with Crippen LogP contribution in [-0.2, 0) is 0 Å². The van der Waals surface area contributed by atoms with Gasteiger partial charge in [-0.05, 0) is 55.9 Å². The molecule has 3 rings (SSSR count). The molecule has 0 unspecified atom stereocenters. The Morgan fingerprint density at radius 2 is 2.22 bits per heavy atom. The van der Waals surface area contributed by atoms with E-state index in [0.29, 0.717) is 17.7 Å². The van der Waals surface area contributed by atoms with E-state index in [0.717, 1.165) is 5.82 Å². The average Bonchev–Trinajstić information content (AvgIpc) is 2.96. The molecule has 2 atom stereocenters. The molecule has 18 heavy (non-hydrogen) atoms. The van der Waals surface area contributed by atoms with Crippen LogP contribution in [0.3, 0.4) is 0 Å². The van der Waals surface area contributed by atoms with Gasteiger partial charge >= 0.3 is 0 Å². The lowest BCUT2D eigenvalue weighted by Gasteiger charge is -2.27. The molecule has 0 bridgehead atoms. The second kappa shape index (κ2) is 4.49. The van der Waals surface area contributed by atoms with Gasteiger partial charge in [0.25, 0.3) is 0 Å². The van der Waals surface area contributed by atoms with E-state index < -0.39 is 0 Å². The van der Waals surface area contributed by atoms with Crippen LogP contribution < -0.4 is 5.32 Å². The zero-order valence-corrected chi connectivity index (χ0v) is 10.6. The molecular formula is C11H17N7. The van der Waals surface area contributed by atoms with Crippen molar-refractivity contribution in [3.63, 3.8) is 0 Å². The molecule has 0 saturated heterocycles. The van der Waals surface area contributed by atoms with Crippen LogP contribution in [0.15, 0.2) is 12.1 Å². The van der Waals surface area contributed by atoms with Crippen LogP contribution in [0.2, 0.25) is 0 Å². The SMILES string of the molecule is CN(C)[C@H]1CCC[C@@H]1Nc1ccc2nnnn2n1. The minimum atomic E-state index is 0.446. The van der Waals surface area contributed by atoms with Crippen molar-refractivity contribution in [2.24, 2.45) is 0 Å². The van der Waals surface area contributed by atoms with Gasteiger partial charge in [0.1, 0.15) is 5.82 Å². The number of hydrogen-bond acceptors (Lipinski definition) is 6. The number of tetrazole rings is 1. The highest BCUT2D eigenvalue weighted by atomic mass is 15.6. The number of anilines is 1. The van der Waals surface area contributed by atoms with E-state index in [-0.39, 0.29) is 0 Å². The Labute approximate surface area is 105 Å². The molecule has 2 heterocycles. The lowest BCUT2D eigenvalue weighted by molar-refractivity contribution is 0.284. The van der Waals surface area contributed by atoms with Crippen molar-refractivity contribution in [2.75, 3.05) is 19.4 Å². The maximum Gasteiger partial charge on any atom is 0.200 e. The Hall–Kier alpha value is -1.76. The standard InChI is InChI=1S/C11H17N7/c1-17(2)9-5-3-4-8(9)12-10-6-7-11-13-15-16-18(11)14-10/h6-9H,3-5H2,1-2H3,(H,12,14)/t8-,9-/m0/s1. The number of likely N-dealkylation sites (N-methyl/N-ethyl adjacent to an activating group) is 1. The Kier molecular flexibility index (Phi) is 2.83. The first kappa shape index (κ1) is 11.3. The minimum absolute atomic E-state index is 0.446. The van der Waals surface area contributed by atoms with E-state index in [1.165, 1.54) is 23.9 Å². The van der Waals surface area contributed by atoms with Crippen molar-refractivity contribution in [3.05, 3.63) is 12.1 Å². The third kappa shape index (κ3) is 2.01. The summed E-state index contributed by atoms with van der Waals surface area (Å²) in [7, 11) is 4.26.